The van der Waals surface area contributed by atoms with Crippen molar-refractivity contribution >= 4 is 17.6 Å². The van der Waals surface area contributed by atoms with E-state index in [0.717, 1.165) is 12.0 Å². The Labute approximate surface area is 113 Å². The molecule has 0 unspecified atom stereocenters. The molecule has 0 spiro atoms. The van der Waals surface area contributed by atoms with Crippen molar-refractivity contribution < 1.29 is 14.7 Å². The summed E-state index contributed by atoms with van der Waals surface area (Å²) < 4.78 is 0. The number of nitrogens with two attached hydrogens (primary N) is 1. The molecule has 0 saturated carbocycles. The molecule has 19 heavy (non-hydrogen) atoms. The monoisotopic (exact) mass is 264 g/mol. The second-order valence-corrected chi connectivity index (χ2v) is 4.45. The van der Waals surface area contributed by atoms with E-state index in [1.54, 1.807) is 6.07 Å². The molecule has 1 rings (SSSR count). The minimum atomic E-state index is -0.981. The van der Waals surface area contributed by atoms with Crippen molar-refractivity contribution in [3.05, 3.63) is 29.8 Å². The van der Waals surface area contributed by atoms with Crippen LogP contribution in [0.3, 0.4) is 0 Å². The maximum absolute atomic E-state index is 12.0. The van der Waals surface area contributed by atoms with Crippen molar-refractivity contribution in [2.75, 3.05) is 18.8 Å². The van der Waals surface area contributed by atoms with E-state index >= 15 is 0 Å². The van der Waals surface area contributed by atoms with Gasteiger partial charge in [0.25, 0.3) is 0 Å². The fourth-order valence-corrected chi connectivity index (χ4v) is 1.88. The van der Waals surface area contributed by atoms with Gasteiger partial charge in [0.15, 0.2) is 0 Å². The quantitative estimate of drug-likeness (QED) is 0.731. The lowest BCUT2D eigenvalue weighted by atomic mass is 10.1. The standard InChI is InChI=1S/C14H20N2O3/c1-2-8-16(10-14(18)19)13(17)7-6-11-4-3-5-12(15)9-11/h3-5,9H,2,6-8,10,15H2,1H3,(H,18,19). The molecule has 3 N–H and O–H groups in total. The molecule has 0 aliphatic carbocycles. The lowest BCUT2D eigenvalue weighted by Crippen LogP contribution is -2.36. The van der Waals surface area contributed by atoms with Gasteiger partial charge in [-0.1, -0.05) is 19.1 Å². The van der Waals surface area contributed by atoms with Crippen LogP contribution in [0.1, 0.15) is 25.3 Å². The predicted molar refractivity (Wildman–Crippen MR) is 73.7 cm³/mol. The number of benzene rings is 1. The molecule has 1 aromatic carbocycles. The van der Waals surface area contributed by atoms with Gasteiger partial charge >= 0.3 is 5.97 Å². The zero-order valence-electron chi connectivity index (χ0n) is 11.1. The Morgan fingerprint density at radius 1 is 1.37 bits per heavy atom. The fraction of sp³-hybridized carbons (Fsp3) is 0.429. The Morgan fingerprint density at radius 3 is 2.68 bits per heavy atom. The van der Waals surface area contributed by atoms with Crippen LogP contribution in [-0.4, -0.2) is 35.0 Å². The molecule has 5 nitrogen and oxygen atoms in total. The van der Waals surface area contributed by atoms with E-state index in [9.17, 15) is 9.59 Å². The first-order chi connectivity index (χ1) is 9.02. The van der Waals surface area contributed by atoms with Crippen LogP contribution in [0, 0.1) is 0 Å². The van der Waals surface area contributed by atoms with Crippen LogP contribution in [0.4, 0.5) is 5.69 Å². The molecule has 0 saturated heterocycles. The number of nitrogens with zero attached hydrogens (tertiary/aromatic N) is 1. The minimum absolute atomic E-state index is 0.133. The summed E-state index contributed by atoms with van der Waals surface area (Å²) in [6.45, 7) is 2.16. The van der Waals surface area contributed by atoms with Crippen LogP contribution < -0.4 is 5.73 Å². The molecule has 0 heterocycles. The van der Waals surface area contributed by atoms with Gasteiger partial charge in [-0.3, -0.25) is 9.59 Å². The summed E-state index contributed by atoms with van der Waals surface area (Å²) in [6, 6.07) is 7.37. The number of carbonyl (C=O) groups is 2. The number of aryl methyl sites for hydroxylation is 1. The summed E-state index contributed by atoms with van der Waals surface area (Å²) in [4.78, 5) is 24.0. The number of anilines is 1. The SMILES string of the molecule is CCCN(CC(=O)O)C(=O)CCc1cccc(N)c1. The largest absolute Gasteiger partial charge is 0.480 e. The average molecular weight is 264 g/mol. The van der Waals surface area contributed by atoms with Gasteiger partial charge in [-0.15, -0.1) is 0 Å². The summed E-state index contributed by atoms with van der Waals surface area (Å²) in [6.07, 6.45) is 1.62. The van der Waals surface area contributed by atoms with Crippen LogP contribution in [-0.2, 0) is 16.0 Å². The fourth-order valence-electron chi connectivity index (χ4n) is 1.88. The lowest BCUT2D eigenvalue weighted by molar-refractivity contribution is -0.144. The molecule has 0 radical (unpaired) electrons. The molecule has 0 bridgehead atoms. The summed E-state index contributed by atoms with van der Waals surface area (Å²) in [7, 11) is 0. The Hall–Kier alpha value is -2.04. The summed E-state index contributed by atoms with van der Waals surface area (Å²) >= 11 is 0. The van der Waals surface area contributed by atoms with Crippen molar-refractivity contribution in [1.82, 2.24) is 4.90 Å². The first-order valence-electron chi connectivity index (χ1n) is 6.37. The van der Waals surface area contributed by atoms with Gasteiger partial charge in [0.1, 0.15) is 6.54 Å². The number of carboxylic acids is 1. The number of nitrogen functional groups attached to an aromatic ring is 1. The first-order valence-corrected chi connectivity index (χ1v) is 6.37. The second kappa shape index (κ2) is 7.41. The topological polar surface area (TPSA) is 83.6 Å². The highest BCUT2D eigenvalue weighted by molar-refractivity contribution is 5.81. The third kappa shape index (κ3) is 5.42. The summed E-state index contributed by atoms with van der Waals surface area (Å²) in [5, 5.41) is 8.77. The maximum Gasteiger partial charge on any atom is 0.323 e. The van der Waals surface area contributed by atoms with Gasteiger partial charge in [-0.05, 0) is 30.5 Å². The number of rotatable bonds is 7. The van der Waals surface area contributed by atoms with Gasteiger partial charge < -0.3 is 15.7 Å². The third-order valence-electron chi connectivity index (χ3n) is 2.75. The zero-order chi connectivity index (χ0) is 14.3. The van der Waals surface area contributed by atoms with Gasteiger partial charge in [-0.2, -0.15) is 0 Å². The zero-order valence-corrected chi connectivity index (χ0v) is 11.1. The van der Waals surface area contributed by atoms with Gasteiger partial charge in [-0.25, -0.2) is 0 Å². The number of hydrogen-bond acceptors (Lipinski definition) is 3. The van der Waals surface area contributed by atoms with E-state index < -0.39 is 5.97 Å². The number of carbonyl (C=O) groups excluding carboxylic acids is 1. The van der Waals surface area contributed by atoms with Gasteiger partial charge in [0, 0.05) is 18.7 Å². The van der Waals surface area contributed by atoms with Crippen molar-refractivity contribution in [2.45, 2.75) is 26.2 Å². The minimum Gasteiger partial charge on any atom is -0.480 e. The molecule has 5 heteroatoms. The van der Waals surface area contributed by atoms with Crippen LogP contribution in [0.15, 0.2) is 24.3 Å². The number of hydrogen-bond donors (Lipinski definition) is 2. The van der Waals surface area contributed by atoms with Crippen LogP contribution in [0.25, 0.3) is 0 Å². The molecule has 0 fully saturated rings. The normalized spacial score (nSPS) is 10.2. The van der Waals surface area contributed by atoms with Gasteiger partial charge in [0.05, 0.1) is 0 Å². The average Bonchev–Trinajstić information content (AvgIpc) is 2.35. The van der Waals surface area contributed by atoms with Crippen molar-refractivity contribution in [1.29, 1.82) is 0 Å². The summed E-state index contributed by atoms with van der Waals surface area (Å²) in [5.74, 6) is -1.11. The highest BCUT2D eigenvalue weighted by Gasteiger charge is 2.15. The smallest absolute Gasteiger partial charge is 0.323 e. The molecule has 1 amide bonds. The third-order valence-corrected chi connectivity index (χ3v) is 2.75. The first kappa shape index (κ1) is 15.0. The van der Waals surface area contributed by atoms with E-state index in [4.69, 9.17) is 10.8 Å². The number of aliphatic carboxylic acids is 1. The molecule has 0 aliphatic heterocycles. The van der Waals surface area contributed by atoms with Crippen LogP contribution in [0.2, 0.25) is 0 Å². The summed E-state index contributed by atoms with van der Waals surface area (Å²) in [5.41, 5.74) is 7.32. The highest BCUT2D eigenvalue weighted by Crippen LogP contribution is 2.10. The second-order valence-electron chi connectivity index (χ2n) is 4.45. The molecule has 0 atom stereocenters. The molecule has 0 aliphatic rings. The lowest BCUT2D eigenvalue weighted by Gasteiger charge is -2.19. The number of amides is 1. The van der Waals surface area contributed by atoms with Gasteiger partial charge in [0.2, 0.25) is 5.91 Å². The van der Waals surface area contributed by atoms with Crippen molar-refractivity contribution in [2.24, 2.45) is 0 Å². The highest BCUT2D eigenvalue weighted by atomic mass is 16.4. The Bertz CT molecular complexity index is 446. The van der Waals surface area contributed by atoms with Crippen LogP contribution >= 0.6 is 0 Å². The predicted octanol–water partition coefficient (Wildman–Crippen LogP) is 1.52. The van der Waals surface area contributed by atoms with E-state index in [0.29, 0.717) is 25.1 Å². The van der Waals surface area contributed by atoms with Crippen LogP contribution in [0.5, 0.6) is 0 Å². The van der Waals surface area contributed by atoms with E-state index in [1.165, 1.54) is 4.90 Å². The Morgan fingerprint density at radius 2 is 2.11 bits per heavy atom. The van der Waals surface area contributed by atoms with Crippen molar-refractivity contribution in [3.63, 3.8) is 0 Å². The molecule has 0 aromatic heterocycles. The van der Waals surface area contributed by atoms with Crippen molar-refractivity contribution in [3.8, 4) is 0 Å². The molecule has 1 aromatic rings. The molecular formula is C14H20N2O3. The van der Waals surface area contributed by atoms with E-state index in [-0.39, 0.29) is 12.5 Å². The van der Waals surface area contributed by atoms with E-state index in [1.807, 2.05) is 25.1 Å². The number of carboxylic acid groups (broad SMARTS) is 1. The Kier molecular flexibility index (Phi) is 5.85. The Balaban J connectivity index is 2.54. The van der Waals surface area contributed by atoms with E-state index in [2.05, 4.69) is 0 Å². The molecular weight excluding hydrogens is 244 g/mol. The molecule has 104 valence electrons. The maximum atomic E-state index is 12.0.